The van der Waals surface area contributed by atoms with E-state index in [1.54, 1.807) is 29.3 Å². The number of aromatic nitrogens is 1. The summed E-state index contributed by atoms with van der Waals surface area (Å²) in [4.78, 5) is 30.8. The van der Waals surface area contributed by atoms with Crippen LogP contribution in [0.3, 0.4) is 0 Å². The SMILES string of the molecule is COc1cc(F)ccc1-c1ccnc(NC(=O)C2CCN(C(=O)OC(C)(C)C)CC2)c1. The molecule has 1 N–H and O–H groups in total. The van der Waals surface area contributed by atoms with Crippen molar-refractivity contribution in [1.82, 2.24) is 9.88 Å². The molecule has 0 unspecified atom stereocenters. The number of hydrogen-bond donors (Lipinski definition) is 1. The van der Waals surface area contributed by atoms with E-state index in [1.165, 1.54) is 19.2 Å². The molecule has 166 valence electrons. The molecule has 0 aliphatic carbocycles. The zero-order valence-corrected chi connectivity index (χ0v) is 18.3. The summed E-state index contributed by atoms with van der Waals surface area (Å²) < 4.78 is 24.1. The summed E-state index contributed by atoms with van der Waals surface area (Å²) in [5.74, 6) is 0.0615. The van der Waals surface area contributed by atoms with Crippen molar-refractivity contribution in [3.63, 3.8) is 0 Å². The highest BCUT2D eigenvalue weighted by molar-refractivity contribution is 5.92. The number of hydrogen-bond acceptors (Lipinski definition) is 5. The van der Waals surface area contributed by atoms with Crippen LogP contribution in [0.25, 0.3) is 11.1 Å². The van der Waals surface area contributed by atoms with Gasteiger partial charge in [-0.25, -0.2) is 14.2 Å². The van der Waals surface area contributed by atoms with Gasteiger partial charge in [0.2, 0.25) is 5.91 Å². The van der Waals surface area contributed by atoms with Crippen molar-refractivity contribution in [2.45, 2.75) is 39.2 Å². The lowest BCUT2D eigenvalue weighted by Gasteiger charge is -2.32. The maximum atomic E-state index is 13.5. The number of rotatable bonds is 4. The number of piperidine rings is 1. The van der Waals surface area contributed by atoms with Crippen molar-refractivity contribution in [3.05, 3.63) is 42.3 Å². The molecular weight excluding hydrogens is 401 g/mol. The topological polar surface area (TPSA) is 80.8 Å². The molecular formula is C23H28FN3O4. The Labute approximate surface area is 181 Å². The Morgan fingerprint density at radius 2 is 1.87 bits per heavy atom. The van der Waals surface area contributed by atoms with E-state index in [9.17, 15) is 14.0 Å². The van der Waals surface area contributed by atoms with Crippen LogP contribution in [0.15, 0.2) is 36.5 Å². The van der Waals surface area contributed by atoms with E-state index in [0.717, 1.165) is 5.56 Å². The number of benzene rings is 1. The number of pyridine rings is 1. The van der Waals surface area contributed by atoms with Crippen LogP contribution in [0.1, 0.15) is 33.6 Å². The molecule has 1 aliphatic heterocycles. The molecule has 0 radical (unpaired) electrons. The zero-order valence-electron chi connectivity index (χ0n) is 18.3. The van der Waals surface area contributed by atoms with Crippen molar-refractivity contribution in [2.24, 2.45) is 5.92 Å². The molecule has 8 heteroatoms. The molecule has 1 aromatic carbocycles. The van der Waals surface area contributed by atoms with Gasteiger partial charge >= 0.3 is 6.09 Å². The summed E-state index contributed by atoms with van der Waals surface area (Å²) >= 11 is 0. The van der Waals surface area contributed by atoms with Gasteiger partial charge < -0.3 is 19.7 Å². The van der Waals surface area contributed by atoms with Crippen LogP contribution in [0.2, 0.25) is 0 Å². The Kier molecular flexibility index (Phi) is 6.77. The summed E-state index contributed by atoms with van der Waals surface area (Å²) in [5, 5.41) is 2.85. The molecule has 3 rings (SSSR count). The molecule has 0 bridgehead atoms. The fraction of sp³-hybridized carbons (Fsp3) is 0.435. The number of amides is 2. The maximum absolute atomic E-state index is 13.5. The van der Waals surface area contributed by atoms with Gasteiger partial charge in [-0.05, 0) is 63.4 Å². The fourth-order valence-corrected chi connectivity index (χ4v) is 3.45. The van der Waals surface area contributed by atoms with Crippen LogP contribution < -0.4 is 10.1 Å². The summed E-state index contributed by atoms with van der Waals surface area (Å²) in [6.45, 7) is 6.41. The van der Waals surface area contributed by atoms with Crippen molar-refractivity contribution in [3.8, 4) is 16.9 Å². The van der Waals surface area contributed by atoms with Gasteiger partial charge in [0.1, 0.15) is 23.0 Å². The van der Waals surface area contributed by atoms with Gasteiger partial charge in [0.05, 0.1) is 7.11 Å². The minimum atomic E-state index is -0.546. The highest BCUT2D eigenvalue weighted by Crippen LogP contribution is 2.31. The summed E-state index contributed by atoms with van der Waals surface area (Å²) in [5.41, 5.74) is 0.907. The number of ether oxygens (including phenoxy) is 2. The average Bonchev–Trinajstić information content (AvgIpc) is 2.72. The normalized spacial score (nSPS) is 14.8. The fourth-order valence-electron chi connectivity index (χ4n) is 3.45. The molecule has 1 fully saturated rings. The number of anilines is 1. The third-order valence-electron chi connectivity index (χ3n) is 5.00. The molecule has 7 nitrogen and oxygen atoms in total. The quantitative estimate of drug-likeness (QED) is 0.775. The van der Waals surface area contributed by atoms with Gasteiger partial charge in [0.15, 0.2) is 0 Å². The van der Waals surface area contributed by atoms with Crippen LogP contribution in [0, 0.1) is 11.7 Å². The van der Waals surface area contributed by atoms with Gasteiger partial charge in [-0.15, -0.1) is 0 Å². The number of methoxy groups -OCH3 is 1. The third kappa shape index (κ3) is 5.93. The minimum Gasteiger partial charge on any atom is -0.496 e. The van der Waals surface area contributed by atoms with Crippen molar-refractivity contribution < 1.29 is 23.5 Å². The van der Waals surface area contributed by atoms with Crippen LogP contribution in [0.4, 0.5) is 15.0 Å². The highest BCUT2D eigenvalue weighted by Gasteiger charge is 2.30. The highest BCUT2D eigenvalue weighted by atomic mass is 19.1. The summed E-state index contributed by atoms with van der Waals surface area (Å²) in [6, 6.07) is 7.79. The van der Waals surface area contributed by atoms with Crippen LogP contribution in [-0.2, 0) is 9.53 Å². The Morgan fingerprint density at radius 1 is 1.16 bits per heavy atom. The molecule has 0 saturated carbocycles. The van der Waals surface area contributed by atoms with E-state index >= 15 is 0 Å². The largest absolute Gasteiger partial charge is 0.496 e. The second-order valence-electron chi connectivity index (χ2n) is 8.51. The van der Waals surface area contributed by atoms with Gasteiger partial charge in [0.25, 0.3) is 0 Å². The van der Waals surface area contributed by atoms with Crippen LogP contribution in [-0.4, -0.2) is 47.7 Å². The molecule has 1 saturated heterocycles. The Hall–Kier alpha value is -3.16. The van der Waals surface area contributed by atoms with Crippen LogP contribution in [0.5, 0.6) is 5.75 Å². The van der Waals surface area contributed by atoms with Gasteiger partial charge in [-0.3, -0.25) is 4.79 Å². The van der Waals surface area contributed by atoms with Gasteiger partial charge in [-0.1, -0.05) is 0 Å². The number of carbonyl (C=O) groups excluding carboxylic acids is 2. The predicted octanol–water partition coefficient (Wildman–Crippen LogP) is 4.48. The minimum absolute atomic E-state index is 0.139. The molecule has 0 atom stereocenters. The lowest BCUT2D eigenvalue weighted by Crippen LogP contribution is -2.43. The Bertz CT molecular complexity index is 950. The molecule has 2 amide bonds. The molecule has 31 heavy (non-hydrogen) atoms. The molecule has 2 aromatic rings. The van der Waals surface area contributed by atoms with E-state index in [1.807, 2.05) is 20.8 Å². The summed E-state index contributed by atoms with van der Waals surface area (Å²) in [7, 11) is 1.48. The average molecular weight is 429 g/mol. The number of nitrogens with one attached hydrogen (secondary N) is 1. The first-order valence-electron chi connectivity index (χ1n) is 10.2. The van der Waals surface area contributed by atoms with E-state index in [4.69, 9.17) is 9.47 Å². The monoisotopic (exact) mass is 429 g/mol. The standard InChI is InChI=1S/C23H28FN3O4/c1-23(2,3)31-22(29)27-11-8-15(9-12-27)21(28)26-20-13-16(7-10-25-20)18-6-5-17(24)14-19(18)30-4/h5-7,10,13-15H,8-9,11-12H2,1-4H3,(H,25,26,28). The first-order valence-corrected chi connectivity index (χ1v) is 10.2. The zero-order chi connectivity index (χ0) is 22.6. The first-order chi connectivity index (χ1) is 14.7. The van der Waals surface area contributed by atoms with Crippen LogP contribution >= 0.6 is 0 Å². The number of carbonyl (C=O) groups is 2. The van der Waals surface area contributed by atoms with E-state index in [0.29, 0.717) is 43.1 Å². The second-order valence-corrected chi connectivity index (χ2v) is 8.51. The predicted molar refractivity (Wildman–Crippen MR) is 115 cm³/mol. The first kappa shape index (κ1) is 22.5. The third-order valence-corrected chi connectivity index (χ3v) is 5.00. The molecule has 1 aromatic heterocycles. The van der Waals surface area contributed by atoms with Gasteiger partial charge in [0, 0.05) is 36.8 Å². The number of halogens is 1. The van der Waals surface area contributed by atoms with Crippen molar-refractivity contribution in [2.75, 3.05) is 25.5 Å². The van der Waals surface area contributed by atoms with Crippen molar-refractivity contribution >= 4 is 17.8 Å². The lowest BCUT2D eigenvalue weighted by atomic mass is 9.96. The number of likely N-dealkylation sites (tertiary alicyclic amines) is 1. The smallest absolute Gasteiger partial charge is 0.410 e. The summed E-state index contributed by atoms with van der Waals surface area (Å²) in [6.07, 6.45) is 2.33. The van der Waals surface area contributed by atoms with Crippen molar-refractivity contribution in [1.29, 1.82) is 0 Å². The maximum Gasteiger partial charge on any atom is 0.410 e. The Morgan fingerprint density at radius 3 is 2.52 bits per heavy atom. The molecule has 0 spiro atoms. The second kappa shape index (κ2) is 9.32. The molecule has 1 aliphatic rings. The number of nitrogens with zero attached hydrogens (tertiary/aromatic N) is 2. The Balaban J connectivity index is 1.62. The lowest BCUT2D eigenvalue weighted by molar-refractivity contribution is -0.121. The molecule has 2 heterocycles. The van der Waals surface area contributed by atoms with E-state index < -0.39 is 5.60 Å². The van der Waals surface area contributed by atoms with E-state index in [2.05, 4.69) is 10.3 Å². The van der Waals surface area contributed by atoms with E-state index in [-0.39, 0.29) is 23.7 Å². The van der Waals surface area contributed by atoms with Gasteiger partial charge in [-0.2, -0.15) is 0 Å².